The van der Waals surface area contributed by atoms with Gasteiger partial charge in [0.1, 0.15) is 11.6 Å². The minimum atomic E-state index is -4.11. The monoisotopic (exact) mass is 468 g/mol. The summed E-state index contributed by atoms with van der Waals surface area (Å²) in [4.78, 5) is 12.2. The topological polar surface area (TPSA) is 84.5 Å². The minimum Gasteiger partial charge on any atom is -0.495 e. The molecule has 0 aliphatic heterocycles. The van der Waals surface area contributed by atoms with Crippen molar-refractivity contribution in [3.8, 4) is 5.75 Å². The molecule has 0 aromatic heterocycles. The summed E-state index contributed by atoms with van der Waals surface area (Å²) in [5.41, 5.74) is -0.138. The van der Waals surface area contributed by atoms with Crippen LogP contribution in [0.25, 0.3) is 0 Å². The lowest BCUT2D eigenvalue weighted by Crippen LogP contribution is -2.17. The predicted octanol–water partition coefficient (Wildman–Crippen LogP) is 5.19. The molecule has 0 aliphatic rings. The molecule has 2 N–H and O–H groups in total. The molecule has 0 saturated carbocycles. The molecule has 0 radical (unpaired) electrons. The number of amides is 1. The summed E-state index contributed by atoms with van der Waals surface area (Å²) in [6, 6.07) is 13.8. The van der Waals surface area contributed by atoms with Crippen molar-refractivity contribution < 1.29 is 22.3 Å². The van der Waals surface area contributed by atoms with Crippen LogP contribution in [0.2, 0.25) is 10.0 Å². The quantitative estimate of drug-likeness (QED) is 0.520. The molecule has 0 fully saturated rings. The Morgan fingerprint density at radius 1 is 1.00 bits per heavy atom. The summed E-state index contributed by atoms with van der Waals surface area (Å²) in [7, 11) is -2.76. The van der Waals surface area contributed by atoms with Crippen molar-refractivity contribution in [1.29, 1.82) is 0 Å². The lowest BCUT2D eigenvalue weighted by atomic mass is 10.2. The van der Waals surface area contributed by atoms with Crippen LogP contribution in [0.4, 0.5) is 15.8 Å². The summed E-state index contributed by atoms with van der Waals surface area (Å²) in [6.07, 6.45) is 0. The number of carbonyl (C=O) groups is 1. The zero-order valence-electron chi connectivity index (χ0n) is 15.4. The van der Waals surface area contributed by atoms with E-state index < -0.39 is 21.7 Å². The number of halogens is 3. The van der Waals surface area contributed by atoms with Gasteiger partial charge in [-0.15, -0.1) is 0 Å². The van der Waals surface area contributed by atoms with Gasteiger partial charge in [-0.25, -0.2) is 12.8 Å². The molecule has 3 aromatic carbocycles. The molecule has 3 rings (SSSR count). The molecule has 0 bridgehead atoms. The number of hydrogen-bond donors (Lipinski definition) is 2. The second-order valence-electron chi connectivity index (χ2n) is 6.00. The number of sulfonamides is 1. The molecule has 156 valence electrons. The second-order valence-corrected chi connectivity index (χ2v) is 8.50. The fourth-order valence-electron chi connectivity index (χ4n) is 2.58. The number of hydrogen-bond acceptors (Lipinski definition) is 4. The molecule has 0 aliphatic carbocycles. The van der Waals surface area contributed by atoms with Gasteiger partial charge in [0.15, 0.2) is 0 Å². The van der Waals surface area contributed by atoms with Crippen molar-refractivity contribution in [1.82, 2.24) is 0 Å². The van der Waals surface area contributed by atoms with Crippen LogP contribution >= 0.6 is 23.2 Å². The molecule has 3 aromatic rings. The van der Waals surface area contributed by atoms with Gasteiger partial charge in [0.2, 0.25) is 0 Å². The Morgan fingerprint density at radius 2 is 1.67 bits per heavy atom. The second kappa shape index (κ2) is 8.91. The molecule has 0 saturated heterocycles. The van der Waals surface area contributed by atoms with E-state index in [0.717, 1.165) is 6.07 Å². The standard InChI is InChI=1S/C20H15Cl2FN2O4S/c1-29-18-10-9-12(30(27,28)25-19-14(21)6-4-7-15(19)22)11-17(18)24-20(26)13-5-2-3-8-16(13)23/h2-11,25H,1H3,(H,24,26). The highest BCUT2D eigenvalue weighted by Gasteiger charge is 2.21. The van der Waals surface area contributed by atoms with E-state index in [1.165, 1.54) is 55.6 Å². The first kappa shape index (κ1) is 21.9. The van der Waals surface area contributed by atoms with Gasteiger partial charge in [-0.1, -0.05) is 41.4 Å². The van der Waals surface area contributed by atoms with Crippen molar-refractivity contribution in [3.63, 3.8) is 0 Å². The van der Waals surface area contributed by atoms with Gasteiger partial charge >= 0.3 is 0 Å². The SMILES string of the molecule is COc1ccc(S(=O)(=O)Nc2c(Cl)cccc2Cl)cc1NC(=O)c1ccccc1F. The highest BCUT2D eigenvalue weighted by atomic mass is 35.5. The Kier molecular flexibility index (Phi) is 6.50. The number of nitrogens with one attached hydrogen (secondary N) is 2. The zero-order valence-corrected chi connectivity index (χ0v) is 17.8. The van der Waals surface area contributed by atoms with Crippen LogP contribution in [0.3, 0.4) is 0 Å². The normalized spacial score (nSPS) is 11.1. The maximum atomic E-state index is 13.9. The Bertz CT molecular complexity index is 1200. The maximum absolute atomic E-state index is 13.9. The molecule has 0 atom stereocenters. The van der Waals surface area contributed by atoms with Gasteiger partial charge < -0.3 is 10.1 Å². The van der Waals surface area contributed by atoms with E-state index in [2.05, 4.69) is 10.0 Å². The number of benzene rings is 3. The Morgan fingerprint density at radius 3 is 2.30 bits per heavy atom. The number of rotatable bonds is 6. The third-order valence-corrected chi connectivity index (χ3v) is 6.02. The van der Waals surface area contributed by atoms with Crippen molar-refractivity contribution in [2.75, 3.05) is 17.1 Å². The molecule has 0 unspecified atom stereocenters. The Balaban J connectivity index is 1.96. The Hall–Kier alpha value is -2.81. The summed E-state index contributed by atoms with van der Waals surface area (Å²) in [5.74, 6) is -1.29. The number of ether oxygens (including phenoxy) is 1. The summed E-state index contributed by atoms with van der Waals surface area (Å²) >= 11 is 12.1. The van der Waals surface area contributed by atoms with E-state index in [-0.39, 0.29) is 37.6 Å². The first-order valence-corrected chi connectivity index (χ1v) is 10.7. The largest absolute Gasteiger partial charge is 0.495 e. The van der Waals surface area contributed by atoms with Crippen molar-refractivity contribution >= 4 is 50.5 Å². The lowest BCUT2D eigenvalue weighted by Gasteiger charge is -2.14. The van der Waals surface area contributed by atoms with Crippen LogP contribution in [0.1, 0.15) is 10.4 Å². The molecular weight excluding hydrogens is 454 g/mol. The van der Waals surface area contributed by atoms with E-state index >= 15 is 0 Å². The highest BCUT2D eigenvalue weighted by Crippen LogP contribution is 2.33. The van der Waals surface area contributed by atoms with Crippen LogP contribution in [0, 0.1) is 5.82 Å². The molecular formula is C20H15Cl2FN2O4S. The Labute approximate surface area is 182 Å². The number of para-hydroxylation sites is 1. The average Bonchev–Trinajstić information content (AvgIpc) is 2.71. The first-order valence-electron chi connectivity index (χ1n) is 8.43. The molecule has 0 heterocycles. The van der Waals surface area contributed by atoms with Gasteiger partial charge in [-0.2, -0.15) is 0 Å². The van der Waals surface area contributed by atoms with E-state index in [4.69, 9.17) is 27.9 Å². The van der Waals surface area contributed by atoms with Crippen molar-refractivity contribution in [2.45, 2.75) is 4.90 Å². The number of methoxy groups -OCH3 is 1. The van der Waals surface area contributed by atoms with Gasteiger partial charge in [0.05, 0.1) is 39.0 Å². The average molecular weight is 469 g/mol. The van der Waals surface area contributed by atoms with Crippen LogP contribution in [-0.2, 0) is 10.0 Å². The number of anilines is 2. The fraction of sp³-hybridized carbons (Fsp3) is 0.0500. The summed E-state index contributed by atoms with van der Waals surface area (Å²) < 4.78 is 47.0. The van der Waals surface area contributed by atoms with Gasteiger partial charge in [0.25, 0.3) is 15.9 Å². The molecule has 0 spiro atoms. The van der Waals surface area contributed by atoms with Gasteiger partial charge in [0, 0.05) is 0 Å². The molecule has 30 heavy (non-hydrogen) atoms. The molecule has 6 nitrogen and oxygen atoms in total. The van der Waals surface area contributed by atoms with E-state index in [9.17, 15) is 17.6 Å². The minimum absolute atomic E-state index is 0.0218. The van der Waals surface area contributed by atoms with Crippen molar-refractivity contribution in [3.05, 3.63) is 82.1 Å². The molecule has 10 heteroatoms. The smallest absolute Gasteiger partial charge is 0.262 e. The summed E-state index contributed by atoms with van der Waals surface area (Å²) in [6.45, 7) is 0. The van der Waals surface area contributed by atoms with Gasteiger partial charge in [-0.05, 0) is 42.5 Å². The fourth-order valence-corrected chi connectivity index (χ4v) is 4.31. The predicted molar refractivity (Wildman–Crippen MR) is 115 cm³/mol. The van der Waals surface area contributed by atoms with Crippen LogP contribution in [-0.4, -0.2) is 21.4 Å². The van der Waals surface area contributed by atoms with Crippen LogP contribution in [0.15, 0.2) is 65.6 Å². The number of carbonyl (C=O) groups excluding carboxylic acids is 1. The van der Waals surface area contributed by atoms with E-state index in [1.54, 1.807) is 6.07 Å². The third-order valence-electron chi connectivity index (χ3n) is 4.05. The molecule has 1 amide bonds. The zero-order chi connectivity index (χ0) is 21.9. The third kappa shape index (κ3) is 4.67. The van der Waals surface area contributed by atoms with Crippen molar-refractivity contribution in [2.24, 2.45) is 0 Å². The highest BCUT2D eigenvalue weighted by molar-refractivity contribution is 7.92. The van der Waals surface area contributed by atoms with Crippen LogP contribution < -0.4 is 14.8 Å². The van der Waals surface area contributed by atoms with Gasteiger partial charge in [-0.3, -0.25) is 9.52 Å². The first-order chi connectivity index (χ1) is 14.2. The van der Waals surface area contributed by atoms with E-state index in [1.807, 2.05) is 0 Å². The maximum Gasteiger partial charge on any atom is 0.262 e. The van der Waals surface area contributed by atoms with E-state index in [0.29, 0.717) is 0 Å². The lowest BCUT2D eigenvalue weighted by molar-refractivity contribution is 0.102. The summed E-state index contributed by atoms with van der Waals surface area (Å²) in [5, 5.41) is 2.71. The van der Waals surface area contributed by atoms with Crippen LogP contribution in [0.5, 0.6) is 5.75 Å².